The molecule has 26 heavy (non-hydrogen) atoms. The third-order valence-corrected chi connectivity index (χ3v) is 5.37. The third kappa shape index (κ3) is 2.44. The fourth-order valence-corrected chi connectivity index (χ4v) is 4.24. The van der Waals surface area contributed by atoms with Crippen LogP contribution in [0.3, 0.4) is 0 Å². The first-order chi connectivity index (χ1) is 12.8. The van der Waals surface area contributed by atoms with Crippen LogP contribution in [-0.2, 0) is 12.8 Å². The molecule has 1 aliphatic carbocycles. The summed E-state index contributed by atoms with van der Waals surface area (Å²) in [4.78, 5) is 9.97. The van der Waals surface area contributed by atoms with Crippen LogP contribution in [0.5, 0.6) is 0 Å². The summed E-state index contributed by atoms with van der Waals surface area (Å²) in [6.45, 7) is 0. The Morgan fingerprint density at radius 1 is 1.04 bits per heavy atom. The zero-order valence-corrected chi connectivity index (χ0v) is 14.7. The van der Waals surface area contributed by atoms with Gasteiger partial charge in [0.2, 0.25) is 0 Å². The molecule has 0 atom stereocenters. The monoisotopic (exact) mass is 360 g/mol. The molecule has 0 bridgehead atoms. The molecular formula is C19H16N6S. The Morgan fingerprint density at radius 3 is 2.69 bits per heavy atom. The van der Waals surface area contributed by atoms with E-state index in [1.54, 1.807) is 6.20 Å². The number of aryl methyl sites for hydroxylation is 1. The number of hydrogen-bond acceptors (Lipinski definition) is 6. The van der Waals surface area contributed by atoms with Gasteiger partial charge in [-0.25, -0.2) is 14.6 Å². The Labute approximate surface area is 154 Å². The van der Waals surface area contributed by atoms with Crippen molar-refractivity contribution in [1.82, 2.24) is 19.7 Å². The molecule has 3 heterocycles. The number of aromatic nitrogens is 4. The van der Waals surface area contributed by atoms with Gasteiger partial charge in [-0.05, 0) is 37.1 Å². The molecule has 0 unspecified atom stereocenters. The van der Waals surface area contributed by atoms with E-state index in [-0.39, 0.29) is 0 Å². The average molecular weight is 360 g/mol. The Hall–Kier alpha value is -3.19. The summed E-state index contributed by atoms with van der Waals surface area (Å²) < 4.78 is 1.98. The number of nitrogens with one attached hydrogen (secondary N) is 1. The zero-order valence-electron chi connectivity index (χ0n) is 13.9. The lowest BCUT2D eigenvalue weighted by molar-refractivity contribution is 0.872. The first-order valence-corrected chi connectivity index (χ1v) is 9.22. The number of nitrogen functional groups attached to an aromatic ring is 1. The second-order valence-electron chi connectivity index (χ2n) is 6.09. The maximum Gasteiger partial charge on any atom is 0.180 e. The Morgan fingerprint density at radius 2 is 1.88 bits per heavy atom. The van der Waals surface area contributed by atoms with Gasteiger partial charge < -0.3 is 11.1 Å². The molecular weight excluding hydrogens is 344 g/mol. The highest BCUT2D eigenvalue weighted by molar-refractivity contribution is 7.18. The van der Waals surface area contributed by atoms with Crippen molar-refractivity contribution in [1.29, 1.82) is 0 Å². The average Bonchev–Trinajstić information content (AvgIpc) is 3.23. The van der Waals surface area contributed by atoms with Crippen LogP contribution in [0, 0.1) is 0 Å². The van der Waals surface area contributed by atoms with Crippen LogP contribution in [0.25, 0.3) is 16.3 Å². The van der Waals surface area contributed by atoms with E-state index in [9.17, 15) is 0 Å². The molecule has 6 nitrogen and oxygen atoms in total. The van der Waals surface area contributed by atoms with Crippen LogP contribution >= 0.6 is 11.3 Å². The second-order valence-corrected chi connectivity index (χ2v) is 7.12. The molecule has 5 rings (SSSR count). The van der Waals surface area contributed by atoms with Crippen molar-refractivity contribution >= 4 is 28.1 Å². The van der Waals surface area contributed by atoms with Crippen LogP contribution < -0.4 is 11.1 Å². The predicted molar refractivity (Wildman–Crippen MR) is 104 cm³/mol. The van der Waals surface area contributed by atoms with Crippen molar-refractivity contribution in [2.24, 2.45) is 0 Å². The Bertz CT molecular complexity index is 1070. The van der Waals surface area contributed by atoms with Crippen molar-refractivity contribution in [3.8, 4) is 16.3 Å². The number of rotatable bonds is 3. The van der Waals surface area contributed by atoms with Crippen molar-refractivity contribution in [2.75, 3.05) is 11.1 Å². The molecule has 0 spiro atoms. The molecule has 3 aromatic heterocycles. The molecule has 0 saturated heterocycles. The minimum atomic E-state index is 0.600. The zero-order chi connectivity index (χ0) is 17.5. The van der Waals surface area contributed by atoms with Gasteiger partial charge in [0, 0.05) is 11.8 Å². The number of nitrogens with zero attached hydrogens (tertiary/aromatic N) is 4. The van der Waals surface area contributed by atoms with Gasteiger partial charge in [-0.3, -0.25) is 0 Å². The quantitative estimate of drug-likeness (QED) is 0.580. The molecule has 4 aromatic rings. The van der Waals surface area contributed by atoms with E-state index in [1.165, 1.54) is 16.9 Å². The molecule has 0 fully saturated rings. The summed E-state index contributed by atoms with van der Waals surface area (Å²) >= 11 is 1.52. The molecule has 0 saturated carbocycles. The van der Waals surface area contributed by atoms with E-state index < -0.39 is 0 Å². The van der Waals surface area contributed by atoms with Gasteiger partial charge in [-0.15, -0.1) is 5.10 Å². The standard InChI is InChI=1S/C19H16N6S/c20-19-22-14-10-9-13-16(17(14)26-19)25(12-6-2-1-3-7-12)24-18(13)23-15-8-4-5-11-21-15/h1-8,11H,9-10H2,(H2,20,22)(H,21,23,24). The molecule has 0 aliphatic heterocycles. The van der Waals surface area contributed by atoms with Gasteiger partial charge in [0.25, 0.3) is 0 Å². The fourth-order valence-electron chi connectivity index (χ4n) is 3.30. The van der Waals surface area contributed by atoms with Crippen molar-refractivity contribution < 1.29 is 0 Å². The van der Waals surface area contributed by atoms with E-state index in [0.717, 1.165) is 46.4 Å². The molecule has 0 radical (unpaired) electrons. The highest BCUT2D eigenvalue weighted by Crippen LogP contribution is 2.42. The molecule has 0 amide bonds. The summed E-state index contributed by atoms with van der Waals surface area (Å²) in [6.07, 6.45) is 3.51. The molecule has 3 N–H and O–H groups in total. The van der Waals surface area contributed by atoms with E-state index in [2.05, 4.69) is 27.4 Å². The van der Waals surface area contributed by atoms with Gasteiger partial charge in [0.15, 0.2) is 10.9 Å². The van der Waals surface area contributed by atoms with Crippen LogP contribution in [0.2, 0.25) is 0 Å². The maximum atomic E-state index is 5.99. The van der Waals surface area contributed by atoms with Gasteiger partial charge in [-0.2, -0.15) is 0 Å². The number of benzene rings is 1. The SMILES string of the molecule is Nc1nc2c(s1)-c1c(c(Nc3ccccn3)nn1-c1ccccc1)CC2. The normalized spacial score (nSPS) is 12.5. The summed E-state index contributed by atoms with van der Waals surface area (Å²) in [6, 6.07) is 15.9. The van der Waals surface area contributed by atoms with Crippen molar-refractivity contribution in [3.05, 3.63) is 66.0 Å². The lowest BCUT2D eigenvalue weighted by Crippen LogP contribution is -2.06. The maximum absolute atomic E-state index is 5.99. The number of pyridine rings is 1. The second kappa shape index (κ2) is 5.96. The van der Waals surface area contributed by atoms with E-state index in [4.69, 9.17) is 10.8 Å². The van der Waals surface area contributed by atoms with Crippen LogP contribution in [0.15, 0.2) is 54.7 Å². The molecule has 128 valence electrons. The van der Waals surface area contributed by atoms with Crippen LogP contribution in [0.4, 0.5) is 16.8 Å². The predicted octanol–water partition coefficient (Wildman–Crippen LogP) is 3.82. The summed E-state index contributed by atoms with van der Waals surface area (Å²) in [7, 11) is 0. The molecule has 1 aromatic carbocycles. The summed E-state index contributed by atoms with van der Waals surface area (Å²) in [5.74, 6) is 1.61. The minimum absolute atomic E-state index is 0.600. The number of hydrogen-bond donors (Lipinski definition) is 2. The van der Waals surface area contributed by atoms with E-state index in [1.807, 2.05) is 41.1 Å². The first-order valence-electron chi connectivity index (χ1n) is 8.40. The van der Waals surface area contributed by atoms with Gasteiger partial charge in [0.05, 0.1) is 22.0 Å². The molecule has 1 aliphatic rings. The third-order valence-electron chi connectivity index (χ3n) is 4.44. The number of thiazole rings is 1. The Balaban J connectivity index is 1.70. The summed E-state index contributed by atoms with van der Waals surface area (Å²) in [5.41, 5.74) is 10.3. The smallest absolute Gasteiger partial charge is 0.180 e. The highest BCUT2D eigenvalue weighted by atomic mass is 32.1. The fraction of sp³-hybridized carbons (Fsp3) is 0.105. The van der Waals surface area contributed by atoms with Gasteiger partial charge in [-0.1, -0.05) is 35.6 Å². The van der Waals surface area contributed by atoms with Gasteiger partial charge in [0.1, 0.15) is 5.82 Å². The van der Waals surface area contributed by atoms with Crippen LogP contribution in [0.1, 0.15) is 11.3 Å². The number of para-hydroxylation sites is 1. The van der Waals surface area contributed by atoms with Crippen molar-refractivity contribution in [3.63, 3.8) is 0 Å². The minimum Gasteiger partial charge on any atom is -0.375 e. The number of anilines is 3. The van der Waals surface area contributed by atoms with Crippen molar-refractivity contribution in [2.45, 2.75) is 12.8 Å². The summed E-state index contributed by atoms with van der Waals surface area (Å²) in [5, 5.41) is 8.84. The van der Waals surface area contributed by atoms with E-state index in [0.29, 0.717) is 5.13 Å². The highest BCUT2D eigenvalue weighted by Gasteiger charge is 2.29. The lowest BCUT2D eigenvalue weighted by Gasteiger charge is -2.14. The first kappa shape index (κ1) is 15.1. The number of nitrogens with two attached hydrogens (primary N) is 1. The number of fused-ring (bicyclic) bond motifs is 3. The Kier molecular flexibility index (Phi) is 3.46. The molecule has 7 heteroatoms. The topological polar surface area (TPSA) is 81.7 Å². The largest absolute Gasteiger partial charge is 0.375 e. The van der Waals surface area contributed by atoms with Gasteiger partial charge >= 0.3 is 0 Å². The lowest BCUT2D eigenvalue weighted by atomic mass is 9.99. The van der Waals surface area contributed by atoms with Crippen LogP contribution in [-0.4, -0.2) is 19.7 Å². The van der Waals surface area contributed by atoms with E-state index >= 15 is 0 Å².